The van der Waals surface area contributed by atoms with Gasteiger partial charge in [0.2, 0.25) is 10.0 Å². The maximum atomic E-state index is 12.7. The van der Waals surface area contributed by atoms with Gasteiger partial charge in [-0.1, -0.05) is 42.5 Å². The summed E-state index contributed by atoms with van der Waals surface area (Å²) in [7, 11) is -3.40. The van der Waals surface area contributed by atoms with Crippen molar-refractivity contribution >= 4 is 10.0 Å². The van der Waals surface area contributed by atoms with E-state index in [1.54, 1.807) is 22.5 Å². The summed E-state index contributed by atoms with van der Waals surface area (Å²) in [6.07, 6.45) is 0. The Morgan fingerprint density at radius 1 is 0.857 bits per heavy atom. The van der Waals surface area contributed by atoms with Gasteiger partial charge in [0.25, 0.3) is 0 Å². The van der Waals surface area contributed by atoms with Crippen LogP contribution in [-0.4, -0.2) is 38.9 Å². The molecule has 1 saturated heterocycles. The molecule has 0 unspecified atom stereocenters. The molecule has 1 N–H and O–H groups in total. The fourth-order valence-electron chi connectivity index (χ4n) is 2.50. The minimum absolute atomic E-state index is 0.366. The summed E-state index contributed by atoms with van der Waals surface area (Å²) in [6, 6.07) is 17.0. The number of piperazine rings is 1. The Bertz CT molecular complexity index is 708. The lowest BCUT2D eigenvalue weighted by Crippen LogP contribution is -2.46. The molecule has 0 radical (unpaired) electrons. The standard InChI is InChI=1S/C16H18N2O2S/c19-21(20,18-11-9-17-10-12-18)16-8-4-7-15(13-16)14-5-2-1-3-6-14/h1-8,13,17H,9-12H2. The third-order valence-electron chi connectivity index (χ3n) is 3.65. The summed E-state index contributed by atoms with van der Waals surface area (Å²) in [5, 5.41) is 3.17. The fraction of sp³-hybridized carbons (Fsp3) is 0.250. The van der Waals surface area contributed by atoms with Gasteiger partial charge in [0.15, 0.2) is 0 Å². The van der Waals surface area contributed by atoms with Crippen LogP contribution in [0.1, 0.15) is 0 Å². The SMILES string of the molecule is O=S(=O)(c1cccc(-c2ccccc2)c1)N1CCNCC1. The first-order valence-electron chi connectivity index (χ1n) is 7.04. The second kappa shape index (κ2) is 5.97. The smallest absolute Gasteiger partial charge is 0.243 e. The van der Waals surface area contributed by atoms with Crippen LogP contribution >= 0.6 is 0 Å². The molecule has 21 heavy (non-hydrogen) atoms. The molecule has 2 aromatic carbocycles. The van der Waals surface area contributed by atoms with Crippen molar-refractivity contribution in [3.8, 4) is 11.1 Å². The Hall–Kier alpha value is -1.69. The van der Waals surface area contributed by atoms with Crippen LogP contribution in [0.4, 0.5) is 0 Å². The summed E-state index contributed by atoms with van der Waals surface area (Å²) in [5.74, 6) is 0. The van der Waals surface area contributed by atoms with Crippen molar-refractivity contribution in [2.45, 2.75) is 4.90 Å². The van der Waals surface area contributed by atoms with Gasteiger partial charge in [0, 0.05) is 26.2 Å². The number of hydrogen-bond acceptors (Lipinski definition) is 3. The van der Waals surface area contributed by atoms with Crippen molar-refractivity contribution in [1.82, 2.24) is 9.62 Å². The first-order chi connectivity index (χ1) is 10.2. The Balaban J connectivity index is 1.96. The normalized spacial score (nSPS) is 16.8. The van der Waals surface area contributed by atoms with Gasteiger partial charge in [-0.2, -0.15) is 4.31 Å². The molecule has 1 fully saturated rings. The summed E-state index contributed by atoms with van der Waals surface area (Å²) in [5.41, 5.74) is 1.95. The highest BCUT2D eigenvalue weighted by Gasteiger charge is 2.25. The predicted molar refractivity (Wildman–Crippen MR) is 83.5 cm³/mol. The lowest BCUT2D eigenvalue weighted by Gasteiger charge is -2.26. The van der Waals surface area contributed by atoms with Crippen LogP contribution in [0.3, 0.4) is 0 Å². The molecule has 0 saturated carbocycles. The van der Waals surface area contributed by atoms with E-state index in [-0.39, 0.29) is 0 Å². The molecule has 4 nitrogen and oxygen atoms in total. The van der Waals surface area contributed by atoms with Crippen LogP contribution in [0.2, 0.25) is 0 Å². The molecule has 1 aliphatic heterocycles. The van der Waals surface area contributed by atoms with Gasteiger partial charge in [0.1, 0.15) is 0 Å². The summed E-state index contributed by atoms with van der Waals surface area (Å²) in [4.78, 5) is 0.366. The van der Waals surface area contributed by atoms with Crippen molar-refractivity contribution in [3.05, 3.63) is 54.6 Å². The van der Waals surface area contributed by atoms with Crippen LogP contribution in [0.5, 0.6) is 0 Å². The molecule has 0 spiro atoms. The third kappa shape index (κ3) is 3.00. The van der Waals surface area contributed by atoms with E-state index in [0.29, 0.717) is 31.1 Å². The average molecular weight is 302 g/mol. The molecule has 110 valence electrons. The zero-order valence-corrected chi connectivity index (χ0v) is 12.5. The molecule has 0 bridgehead atoms. The molecule has 0 atom stereocenters. The van der Waals surface area contributed by atoms with E-state index in [4.69, 9.17) is 0 Å². The number of rotatable bonds is 3. The van der Waals surface area contributed by atoms with Gasteiger partial charge < -0.3 is 5.32 Å². The van der Waals surface area contributed by atoms with Gasteiger partial charge in [-0.15, -0.1) is 0 Å². The van der Waals surface area contributed by atoms with Gasteiger partial charge >= 0.3 is 0 Å². The minimum Gasteiger partial charge on any atom is -0.314 e. The van der Waals surface area contributed by atoms with E-state index < -0.39 is 10.0 Å². The summed E-state index contributed by atoms with van der Waals surface area (Å²) in [6.45, 7) is 2.46. The number of nitrogens with one attached hydrogen (secondary N) is 1. The number of nitrogens with zero attached hydrogens (tertiary/aromatic N) is 1. The summed E-state index contributed by atoms with van der Waals surface area (Å²) < 4.78 is 26.9. The van der Waals surface area contributed by atoms with E-state index in [1.165, 1.54) is 0 Å². The maximum absolute atomic E-state index is 12.7. The quantitative estimate of drug-likeness (QED) is 0.943. The second-order valence-corrected chi connectivity index (χ2v) is 6.99. The van der Waals surface area contributed by atoms with Crippen molar-refractivity contribution in [2.75, 3.05) is 26.2 Å². The van der Waals surface area contributed by atoms with Gasteiger partial charge in [-0.25, -0.2) is 8.42 Å². The molecular weight excluding hydrogens is 284 g/mol. The molecule has 5 heteroatoms. The van der Waals surface area contributed by atoms with Crippen molar-refractivity contribution in [2.24, 2.45) is 0 Å². The first kappa shape index (κ1) is 14.3. The topological polar surface area (TPSA) is 49.4 Å². The predicted octanol–water partition coefficient (Wildman–Crippen LogP) is 1.95. The van der Waals surface area contributed by atoms with Crippen LogP contribution in [0.15, 0.2) is 59.5 Å². The van der Waals surface area contributed by atoms with Gasteiger partial charge in [-0.05, 0) is 23.3 Å². The highest BCUT2D eigenvalue weighted by Crippen LogP contribution is 2.24. The van der Waals surface area contributed by atoms with Crippen LogP contribution in [-0.2, 0) is 10.0 Å². The summed E-state index contributed by atoms with van der Waals surface area (Å²) >= 11 is 0. The molecule has 0 aliphatic carbocycles. The Labute approximate surface area is 125 Å². The Kier molecular flexibility index (Phi) is 4.05. The Morgan fingerprint density at radius 2 is 1.52 bits per heavy atom. The molecule has 0 amide bonds. The largest absolute Gasteiger partial charge is 0.314 e. The highest BCUT2D eigenvalue weighted by atomic mass is 32.2. The minimum atomic E-state index is -3.40. The van der Waals surface area contributed by atoms with Gasteiger partial charge in [0.05, 0.1) is 4.90 Å². The average Bonchev–Trinajstić information content (AvgIpc) is 2.57. The monoisotopic (exact) mass is 302 g/mol. The highest BCUT2D eigenvalue weighted by molar-refractivity contribution is 7.89. The zero-order chi connectivity index (χ0) is 14.7. The molecular formula is C16H18N2O2S. The van der Waals surface area contributed by atoms with E-state index in [0.717, 1.165) is 11.1 Å². The Morgan fingerprint density at radius 3 is 2.24 bits per heavy atom. The molecule has 3 rings (SSSR count). The van der Waals surface area contributed by atoms with E-state index in [2.05, 4.69) is 5.32 Å². The molecule has 1 aliphatic rings. The van der Waals surface area contributed by atoms with Crippen molar-refractivity contribution in [3.63, 3.8) is 0 Å². The maximum Gasteiger partial charge on any atom is 0.243 e. The van der Waals surface area contributed by atoms with Crippen molar-refractivity contribution < 1.29 is 8.42 Å². The number of hydrogen-bond donors (Lipinski definition) is 1. The van der Waals surface area contributed by atoms with Crippen LogP contribution in [0, 0.1) is 0 Å². The van der Waals surface area contributed by atoms with Crippen LogP contribution < -0.4 is 5.32 Å². The number of sulfonamides is 1. The zero-order valence-electron chi connectivity index (χ0n) is 11.7. The molecule has 2 aromatic rings. The van der Waals surface area contributed by atoms with E-state index in [9.17, 15) is 8.42 Å². The molecule has 1 heterocycles. The third-order valence-corrected chi connectivity index (χ3v) is 5.55. The van der Waals surface area contributed by atoms with E-state index in [1.807, 2.05) is 36.4 Å². The van der Waals surface area contributed by atoms with Crippen LogP contribution in [0.25, 0.3) is 11.1 Å². The first-order valence-corrected chi connectivity index (χ1v) is 8.48. The number of benzene rings is 2. The fourth-order valence-corrected chi connectivity index (χ4v) is 3.99. The van der Waals surface area contributed by atoms with Crippen molar-refractivity contribution in [1.29, 1.82) is 0 Å². The lowest BCUT2D eigenvalue weighted by atomic mass is 10.1. The van der Waals surface area contributed by atoms with E-state index >= 15 is 0 Å². The van der Waals surface area contributed by atoms with Gasteiger partial charge in [-0.3, -0.25) is 0 Å². The molecule has 0 aromatic heterocycles. The second-order valence-electron chi connectivity index (χ2n) is 5.05. The lowest BCUT2D eigenvalue weighted by molar-refractivity contribution is 0.360.